The molecule has 0 aromatic rings. The maximum atomic E-state index is 12.0. The molecule has 15 heavy (non-hydrogen) atoms. The van der Waals surface area contributed by atoms with Crippen molar-refractivity contribution >= 4 is 5.91 Å². The normalized spacial score (nSPS) is 36.7. The zero-order valence-electron chi connectivity index (χ0n) is 9.19. The van der Waals surface area contributed by atoms with Crippen molar-refractivity contribution in [3.8, 4) is 0 Å². The predicted molar refractivity (Wildman–Crippen MR) is 58.1 cm³/mol. The average Bonchev–Trinajstić information content (AvgIpc) is 2.87. The smallest absolute Gasteiger partial charge is 0.225 e. The molecule has 0 unspecified atom stereocenters. The summed E-state index contributed by atoms with van der Waals surface area (Å²) >= 11 is 0. The fourth-order valence-corrected chi connectivity index (χ4v) is 2.97. The summed E-state index contributed by atoms with van der Waals surface area (Å²) < 4.78 is 0. The van der Waals surface area contributed by atoms with E-state index in [2.05, 4.69) is 0 Å². The number of rotatable bonds is 2. The van der Waals surface area contributed by atoms with Crippen molar-refractivity contribution in [1.82, 2.24) is 4.90 Å². The Morgan fingerprint density at radius 3 is 2.40 bits per heavy atom. The van der Waals surface area contributed by atoms with Crippen LogP contribution in [0.5, 0.6) is 0 Å². The van der Waals surface area contributed by atoms with Gasteiger partial charge in [-0.25, -0.2) is 0 Å². The van der Waals surface area contributed by atoms with Gasteiger partial charge in [0.1, 0.15) is 0 Å². The Morgan fingerprint density at radius 2 is 1.87 bits per heavy atom. The van der Waals surface area contributed by atoms with Gasteiger partial charge in [0.05, 0.1) is 0 Å². The SMILES string of the molecule is N[C@@H]1CN(C(=O)C2CCC2)C[C@H]1C1CC1. The van der Waals surface area contributed by atoms with Crippen LogP contribution in [0.1, 0.15) is 32.1 Å². The van der Waals surface area contributed by atoms with Gasteiger partial charge < -0.3 is 10.6 Å². The third-order valence-corrected chi connectivity index (χ3v) is 4.41. The summed E-state index contributed by atoms with van der Waals surface area (Å²) in [6.45, 7) is 1.76. The van der Waals surface area contributed by atoms with E-state index >= 15 is 0 Å². The second-order valence-electron chi connectivity index (χ2n) is 5.54. The number of carbonyl (C=O) groups excluding carboxylic acids is 1. The van der Waals surface area contributed by atoms with Crippen LogP contribution in [0.3, 0.4) is 0 Å². The maximum Gasteiger partial charge on any atom is 0.225 e. The molecule has 0 radical (unpaired) electrons. The minimum Gasteiger partial charge on any atom is -0.341 e. The second kappa shape index (κ2) is 3.48. The minimum atomic E-state index is 0.251. The van der Waals surface area contributed by atoms with Crippen LogP contribution in [0.25, 0.3) is 0 Å². The van der Waals surface area contributed by atoms with Crippen molar-refractivity contribution in [2.45, 2.75) is 38.1 Å². The zero-order valence-corrected chi connectivity index (χ0v) is 9.19. The Bertz CT molecular complexity index is 271. The van der Waals surface area contributed by atoms with Crippen LogP contribution in [-0.4, -0.2) is 29.9 Å². The van der Waals surface area contributed by atoms with Gasteiger partial charge in [0.25, 0.3) is 0 Å². The molecule has 3 nitrogen and oxygen atoms in total. The van der Waals surface area contributed by atoms with E-state index in [9.17, 15) is 4.79 Å². The summed E-state index contributed by atoms with van der Waals surface area (Å²) in [5.41, 5.74) is 6.11. The number of nitrogens with zero attached hydrogens (tertiary/aromatic N) is 1. The molecule has 2 saturated carbocycles. The first kappa shape index (κ1) is 9.64. The Labute approximate surface area is 91.0 Å². The van der Waals surface area contributed by atoms with Crippen LogP contribution in [0.15, 0.2) is 0 Å². The van der Waals surface area contributed by atoms with Crippen molar-refractivity contribution in [2.24, 2.45) is 23.5 Å². The molecule has 2 aliphatic carbocycles. The highest BCUT2D eigenvalue weighted by atomic mass is 16.2. The molecule has 3 aliphatic rings. The van der Waals surface area contributed by atoms with Gasteiger partial charge in [-0.2, -0.15) is 0 Å². The van der Waals surface area contributed by atoms with Gasteiger partial charge in [0.2, 0.25) is 5.91 Å². The van der Waals surface area contributed by atoms with E-state index in [0.29, 0.717) is 17.7 Å². The van der Waals surface area contributed by atoms with Crippen molar-refractivity contribution in [3.05, 3.63) is 0 Å². The summed E-state index contributed by atoms with van der Waals surface area (Å²) in [6.07, 6.45) is 6.13. The number of carbonyl (C=O) groups is 1. The summed E-state index contributed by atoms with van der Waals surface area (Å²) in [5, 5.41) is 0. The highest BCUT2D eigenvalue weighted by Gasteiger charge is 2.43. The lowest BCUT2D eigenvalue weighted by Gasteiger charge is -2.29. The van der Waals surface area contributed by atoms with E-state index in [1.165, 1.54) is 19.3 Å². The predicted octanol–water partition coefficient (Wildman–Crippen LogP) is 0.982. The van der Waals surface area contributed by atoms with E-state index in [1.54, 1.807) is 0 Å². The molecular weight excluding hydrogens is 188 g/mol. The number of amides is 1. The van der Waals surface area contributed by atoms with Crippen molar-refractivity contribution < 1.29 is 4.79 Å². The van der Waals surface area contributed by atoms with Crippen LogP contribution in [0.4, 0.5) is 0 Å². The summed E-state index contributed by atoms with van der Waals surface area (Å²) in [7, 11) is 0. The van der Waals surface area contributed by atoms with Gasteiger partial charge in [-0.3, -0.25) is 4.79 Å². The Balaban J connectivity index is 1.61. The van der Waals surface area contributed by atoms with Crippen molar-refractivity contribution in [1.29, 1.82) is 0 Å². The molecule has 3 rings (SSSR count). The van der Waals surface area contributed by atoms with Crippen molar-refractivity contribution in [3.63, 3.8) is 0 Å². The first-order valence-corrected chi connectivity index (χ1v) is 6.30. The Kier molecular flexibility index (Phi) is 2.23. The van der Waals surface area contributed by atoms with Gasteiger partial charge >= 0.3 is 0 Å². The van der Waals surface area contributed by atoms with Crippen LogP contribution >= 0.6 is 0 Å². The molecule has 2 N–H and O–H groups in total. The molecule has 3 heteroatoms. The Hall–Kier alpha value is -0.570. The van der Waals surface area contributed by atoms with Gasteiger partial charge in [0, 0.05) is 25.0 Å². The monoisotopic (exact) mass is 208 g/mol. The molecule has 84 valence electrons. The molecule has 3 fully saturated rings. The van der Waals surface area contributed by atoms with E-state index in [1.807, 2.05) is 4.90 Å². The molecule has 0 bridgehead atoms. The third kappa shape index (κ3) is 1.67. The minimum absolute atomic E-state index is 0.251. The fraction of sp³-hybridized carbons (Fsp3) is 0.917. The van der Waals surface area contributed by atoms with Crippen LogP contribution < -0.4 is 5.73 Å². The molecular formula is C12H20N2O. The lowest BCUT2D eigenvalue weighted by molar-refractivity contribution is -0.137. The lowest BCUT2D eigenvalue weighted by atomic mass is 9.84. The number of likely N-dealkylation sites (tertiary alicyclic amines) is 1. The zero-order chi connectivity index (χ0) is 10.4. The molecule has 1 amide bonds. The van der Waals surface area contributed by atoms with Crippen LogP contribution in [0, 0.1) is 17.8 Å². The quantitative estimate of drug-likeness (QED) is 0.735. The topological polar surface area (TPSA) is 46.3 Å². The van der Waals surface area contributed by atoms with E-state index in [-0.39, 0.29) is 6.04 Å². The summed E-state index contributed by atoms with van der Waals surface area (Å²) in [5.74, 6) is 2.17. The molecule has 1 aliphatic heterocycles. The maximum absolute atomic E-state index is 12.0. The van der Waals surface area contributed by atoms with E-state index in [0.717, 1.165) is 31.8 Å². The number of nitrogens with two attached hydrogens (primary N) is 1. The Morgan fingerprint density at radius 1 is 1.13 bits per heavy atom. The molecule has 0 aromatic carbocycles. The molecule has 1 heterocycles. The van der Waals surface area contributed by atoms with Gasteiger partial charge in [-0.1, -0.05) is 6.42 Å². The first-order valence-electron chi connectivity index (χ1n) is 6.30. The molecule has 0 aromatic heterocycles. The second-order valence-corrected chi connectivity index (χ2v) is 5.54. The van der Waals surface area contributed by atoms with Crippen molar-refractivity contribution in [2.75, 3.05) is 13.1 Å². The van der Waals surface area contributed by atoms with E-state index < -0.39 is 0 Å². The van der Waals surface area contributed by atoms with Gasteiger partial charge in [0.15, 0.2) is 0 Å². The average molecular weight is 208 g/mol. The summed E-state index contributed by atoms with van der Waals surface area (Å²) in [4.78, 5) is 14.1. The fourth-order valence-electron chi connectivity index (χ4n) is 2.97. The lowest BCUT2D eigenvalue weighted by Crippen LogP contribution is -2.38. The van der Waals surface area contributed by atoms with E-state index in [4.69, 9.17) is 5.73 Å². The first-order chi connectivity index (χ1) is 7.25. The summed E-state index contributed by atoms with van der Waals surface area (Å²) in [6, 6.07) is 0.251. The molecule has 2 atom stereocenters. The van der Waals surface area contributed by atoms with Gasteiger partial charge in [-0.05, 0) is 37.5 Å². The molecule has 1 saturated heterocycles. The van der Waals surface area contributed by atoms with Gasteiger partial charge in [-0.15, -0.1) is 0 Å². The highest BCUT2D eigenvalue weighted by Crippen LogP contribution is 2.41. The standard InChI is InChI=1S/C12H20N2O/c13-11-7-14(6-10(11)8-4-5-8)12(15)9-2-1-3-9/h8-11H,1-7,13H2/t10-,11+/m0/s1. The number of hydrogen-bond donors (Lipinski definition) is 1. The van der Waals surface area contributed by atoms with Crippen LogP contribution in [0.2, 0.25) is 0 Å². The highest BCUT2D eigenvalue weighted by molar-refractivity contribution is 5.80. The van der Waals surface area contributed by atoms with Crippen LogP contribution in [-0.2, 0) is 4.79 Å². The molecule has 0 spiro atoms. The largest absolute Gasteiger partial charge is 0.341 e. The third-order valence-electron chi connectivity index (χ3n) is 4.41. The number of hydrogen-bond acceptors (Lipinski definition) is 2.